The van der Waals surface area contributed by atoms with Crippen LogP contribution in [0.2, 0.25) is 0 Å². The standard InChI is InChI=1S/C45H74O18/c1-18(17-57-40-36(53)35(52)33(50)29(16-46)61-40)7-12-45(56)19(2)30-28(63-45)15-25-23-14-27(26-13-22(47)8-10-43(26,5)24(23)9-11-44(25,30)6)60-42-38(55)39(32(49)21(4)59-42)62-41-37(54)34(51)31(48)20(3)58-41/h18-21,23-42,46,48-56H,7-17H2,1-6H3/t18-,19-,20-,21+,23+,24-,25-,26+,27-,28-,29+,30-,31-,32+,33+,34+,35?,36?,37+,38+,39-,40+,41-,42-,43+,44-,45+/m0/s1. The van der Waals surface area contributed by atoms with Gasteiger partial charge in [0.15, 0.2) is 24.7 Å². The Morgan fingerprint density at radius 3 is 2.08 bits per heavy atom. The lowest BCUT2D eigenvalue weighted by Crippen LogP contribution is -2.64. The summed E-state index contributed by atoms with van der Waals surface area (Å²) in [5.41, 5.74) is -0.407. The van der Waals surface area contributed by atoms with Crippen LogP contribution in [0.25, 0.3) is 0 Å². The molecular formula is C45H74O18. The lowest BCUT2D eigenvalue weighted by Gasteiger charge is -2.62. The molecule has 0 radical (unpaired) electrons. The normalized spacial score (nSPS) is 56.3. The van der Waals surface area contributed by atoms with E-state index >= 15 is 0 Å². The monoisotopic (exact) mass is 902 g/mol. The number of Topliss-reactive ketones (excluding diaryl/α,β-unsaturated/α-hetero) is 1. The minimum Gasteiger partial charge on any atom is -0.394 e. The van der Waals surface area contributed by atoms with Crippen molar-refractivity contribution in [1.29, 1.82) is 0 Å². The average molecular weight is 903 g/mol. The second-order valence-electron chi connectivity index (χ2n) is 21.4. The highest BCUT2D eigenvalue weighted by molar-refractivity contribution is 5.79. The van der Waals surface area contributed by atoms with E-state index in [4.69, 9.17) is 33.2 Å². The number of rotatable bonds is 11. The molecule has 0 bridgehead atoms. The SMILES string of the molecule is C[C@@H](CC[C@@]1(O)O[C@H]2C[C@H]3[C@@H]4C[C@H](O[C@@H]5O[C@H](C)[C@@H](O)[C@H](O[C@@H]6O[C@@H](C)[C@H](O)[C@@H](O)[C@H]6O)[C@H]5O)[C@H]5CC(=O)CC[C@]5(C)[C@H]4CC[C@]3(C)[C@H]2[C@@H]1C)CO[C@@H]1O[C@H](CO)[C@@H](O)C(O)C1O. The molecule has 18 nitrogen and oxygen atoms in total. The molecule has 63 heavy (non-hydrogen) atoms. The Bertz CT molecular complexity index is 1610. The van der Waals surface area contributed by atoms with E-state index in [1.54, 1.807) is 6.92 Å². The number of ketones is 1. The third-order valence-corrected chi connectivity index (χ3v) is 17.7. The number of aliphatic hydroxyl groups is 10. The molecule has 18 heteroatoms. The predicted octanol–water partition coefficient (Wildman–Crippen LogP) is -0.545. The fraction of sp³-hybridized carbons (Fsp3) is 0.978. The second-order valence-corrected chi connectivity index (χ2v) is 21.4. The first-order valence-corrected chi connectivity index (χ1v) is 23.5. The minimum atomic E-state index is -1.65. The van der Waals surface area contributed by atoms with Crippen molar-refractivity contribution < 1.29 is 89.0 Å². The quantitative estimate of drug-likeness (QED) is 0.117. The van der Waals surface area contributed by atoms with Crippen molar-refractivity contribution in [2.45, 2.75) is 209 Å². The van der Waals surface area contributed by atoms with Crippen molar-refractivity contribution in [2.75, 3.05) is 13.2 Å². The number of aliphatic hydroxyl groups excluding tert-OH is 9. The van der Waals surface area contributed by atoms with Gasteiger partial charge in [0.05, 0.1) is 37.6 Å². The van der Waals surface area contributed by atoms with E-state index in [1.807, 2.05) is 6.92 Å². The van der Waals surface area contributed by atoms with Crippen LogP contribution in [-0.4, -0.2) is 180 Å². The molecule has 4 aliphatic heterocycles. The highest BCUT2D eigenvalue weighted by Gasteiger charge is 2.69. The van der Waals surface area contributed by atoms with E-state index in [1.165, 1.54) is 6.92 Å². The van der Waals surface area contributed by atoms with Gasteiger partial charge >= 0.3 is 0 Å². The average Bonchev–Trinajstić information content (AvgIpc) is 3.68. The van der Waals surface area contributed by atoms with Gasteiger partial charge in [-0.05, 0) is 98.7 Å². The van der Waals surface area contributed by atoms with Gasteiger partial charge in [-0.15, -0.1) is 0 Å². The first-order valence-electron chi connectivity index (χ1n) is 23.5. The van der Waals surface area contributed by atoms with Crippen molar-refractivity contribution in [3.8, 4) is 0 Å². The van der Waals surface area contributed by atoms with Crippen LogP contribution < -0.4 is 0 Å². The molecule has 0 aromatic heterocycles. The molecule has 0 aromatic rings. The smallest absolute Gasteiger partial charge is 0.187 e. The Morgan fingerprint density at radius 2 is 1.38 bits per heavy atom. The van der Waals surface area contributed by atoms with Gasteiger partial charge < -0.3 is 84.2 Å². The first-order chi connectivity index (χ1) is 29.6. The maximum absolute atomic E-state index is 13.2. The molecule has 4 heterocycles. The molecular weight excluding hydrogens is 828 g/mol. The topological polar surface area (TPSA) is 284 Å². The molecule has 0 amide bonds. The molecule has 0 spiro atoms. The second kappa shape index (κ2) is 18.1. The highest BCUT2D eigenvalue weighted by Crippen LogP contribution is 2.71. The third kappa shape index (κ3) is 8.40. The van der Waals surface area contributed by atoms with Crippen LogP contribution in [0.1, 0.15) is 99.3 Å². The van der Waals surface area contributed by atoms with E-state index in [-0.39, 0.29) is 64.8 Å². The number of carbonyl (C=O) groups excluding carboxylic acids is 1. The minimum absolute atomic E-state index is 0.0791. The molecule has 4 saturated heterocycles. The van der Waals surface area contributed by atoms with Crippen LogP contribution in [0.4, 0.5) is 0 Å². The maximum Gasteiger partial charge on any atom is 0.187 e. The molecule has 27 atom stereocenters. The summed E-state index contributed by atoms with van der Waals surface area (Å²) >= 11 is 0. The van der Waals surface area contributed by atoms with Gasteiger partial charge in [0.2, 0.25) is 0 Å². The zero-order valence-electron chi connectivity index (χ0n) is 37.4. The van der Waals surface area contributed by atoms with Crippen LogP contribution in [0.15, 0.2) is 0 Å². The van der Waals surface area contributed by atoms with E-state index in [9.17, 15) is 55.9 Å². The number of ether oxygens (including phenoxy) is 7. The van der Waals surface area contributed by atoms with Gasteiger partial charge in [0, 0.05) is 25.2 Å². The molecule has 8 aliphatic rings. The molecule has 4 aliphatic carbocycles. The highest BCUT2D eigenvalue weighted by atomic mass is 16.7. The van der Waals surface area contributed by atoms with Crippen LogP contribution in [0.5, 0.6) is 0 Å². The fourth-order valence-electron chi connectivity index (χ4n) is 13.9. The summed E-state index contributed by atoms with van der Waals surface area (Å²) in [5.74, 6) is -0.816. The van der Waals surface area contributed by atoms with Crippen LogP contribution in [0.3, 0.4) is 0 Å². The summed E-state index contributed by atoms with van der Waals surface area (Å²) in [7, 11) is 0. The molecule has 8 rings (SSSR count). The van der Waals surface area contributed by atoms with Crippen molar-refractivity contribution in [3.63, 3.8) is 0 Å². The Labute approximate surface area is 369 Å². The molecule has 2 unspecified atom stereocenters. The van der Waals surface area contributed by atoms with Crippen molar-refractivity contribution in [2.24, 2.45) is 52.3 Å². The largest absolute Gasteiger partial charge is 0.394 e. The Hall–Kier alpha value is -1.01. The molecule has 8 fully saturated rings. The van der Waals surface area contributed by atoms with Crippen molar-refractivity contribution >= 4 is 5.78 Å². The van der Waals surface area contributed by atoms with Crippen molar-refractivity contribution in [1.82, 2.24) is 0 Å². The summed E-state index contributed by atoms with van der Waals surface area (Å²) in [6.07, 6.45) is -15.0. The Morgan fingerprint density at radius 1 is 0.730 bits per heavy atom. The summed E-state index contributed by atoms with van der Waals surface area (Å²) in [4.78, 5) is 13.2. The molecule has 4 saturated carbocycles. The number of hydrogen-bond acceptors (Lipinski definition) is 18. The Balaban J connectivity index is 0.946. The van der Waals surface area contributed by atoms with E-state index in [2.05, 4.69) is 20.8 Å². The van der Waals surface area contributed by atoms with Crippen molar-refractivity contribution in [3.05, 3.63) is 0 Å². The van der Waals surface area contributed by atoms with Gasteiger partial charge in [0.25, 0.3) is 0 Å². The zero-order valence-corrected chi connectivity index (χ0v) is 37.4. The van der Waals surface area contributed by atoms with E-state index in [0.29, 0.717) is 38.0 Å². The third-order valence-electron chi connectivity index (χ3n) is 17.7. The first kappa shape index (κ1) is 48.4. The van der Waals surface area contributed by atoms with Gasteiger partial charge in [-0.3, -0.25) is 4.79 Å². The summed E-state index contributed by atoms with van der Waals surface area (Å²) in [6.45, 7) is 11.4. The van der Waals surface area contributed by atoms with Crippen LogP contribution in [-0.2, 0) is 38.0 Å². The van der Waals surface area contributed by atoms with Crippen LogP contribution >= 0.6 is 0 Å². The predicted molar refractivity (Wildman–Crippen MR) is 217 cm³/mol. The lowest BCUT2D eigenvalue weighted by molar-refractivity contribution is -0.362. The van der Waals surface area contributed by atoms with Gasteiger partial charge in [-0.25, -0.2) is 0 Å². The lowest BCUT2D eigenvalue weighted by atomic mass is 9.43. The van der Waals surface area contributed by atoms with Gasteiger partial charge in [-0.2, -0.15) is 0 Å². The fourth-order valence-corrected chi connectivity index (χ4v) is 13.9. The van der Waals surface area contributed by atoms with E-state index in [0.717, 1.165) is 25.7 Å². The number of fused-ring (bicyclic) bond motifs is 7. The van der Waals surface area contributed by atoms with E-state index < -0.39 is 111 Å². The number of hydrogen-bond donors (Lipinski definition) is 10. The van der Waals surface area contributed by atoms with Gasteiger partial charge in [0.1, 0.15) is 66.8 Å². The van der Waals surface area contributed by atoms with Crippen LogP contribution in [0, 0.1) is 52.3 Å². The Kier molecular flexibility index (Phi) is 14.0. The van der Waals surface area contributed by atoms with Gasteiger partial charge in [-0.1, -0.05) is 27.7 Å². The molecule has 10 N–H and O–H groups in total. The molecule has 362 valence electrons. The zero-order chi connectivity index (χ0) is 45.7. The summed E-state index contributed by atoms with van der Waals surface area (Å²) in [6, 6.07) is 0. The number of carbonyl (C=O) groups is 1. The summed E-state index contributed by atoms with van der Waals surface area (Å²) < 4.78 is 42.6. The molecule has 0 aromatic carbocycles. The maximum atomic E-state index is 13.2. The summed E-state index contributed by atoms with van der Waals surface area (Å²) in [5, 5.41) is 107.